The van der Waals surface area contributed by atoms with Crippen molar-refractivity contribution < 1.29 is 5.11 Å². The van der Waals surface area contributed by atoms with Crippen LogP contribution in [0.2, 0.25) is 0 Å². The minimum atomic E-state index is -0.742. The minimum absolute atomic E-state index is 0. The quantitative estimate of drug-likeness (QED) is 0.633. The molecule has 1 atom stereocenters. The van der Waals surface area contributed by atoms with E-state index in [-0.39, 0.29) is 12.4 Å². The fourth-order valence-electron chi connectivity index (χ4n) is 4.15. The molecule has 3 rings (SSSR count). The second-order valence-electron chi connectivity index (χ2n) is 7.07. The molecule has 5 heteroatoms. The SMILES string of the molecule is Cl.N=CN1CCN(CC(O)(c2ccccc2)C2CCCCC2)CC1. The molecule has 1 aliphatic carbocycles. The van der Waals surface area contributed by atoms with Crippen molar-refractivity contribution in [3.8, 4) is 0 Å². The topological polar surface area (TPSA) is 50.6 Å². The van der Waals surface area contributed by atoms with Crippen molar-refractivity contribution in [1.82, 2.24) is 9.80 Å². The monoisotopic (exact) mass is 351 g/mol. The molecule has 1 aromatic carbocycles. The average molecular weight is 352 g/mol. The first-order valence-corrected chi connectivity index (χ1v) is 8.97. The lowest BCUT2D eigenvalue weighted by molar-refractivity contribution is -0.0681. The maximum Gasteiger partial charge on any atom is 0.105 e. The Kier molecular flexibility index (Phi) is 7.08. The van der Waals surface area contributed by atoms with Gasteiger partial charge >= 0.3 is 0 Å². The van der Waals surface area contributed by atoms with Crippen LogP contribution in [0.5, 0.6) is 0 Å². The highest BCUT2D eigenvalue weighted by molar-refractivity contribution is 5.85. The molecule has 0 aromatic heterocycles. The third-order valence-corrected chi connectivity index (χ3v) is 5.61. The molecule has 1 aliphatic heterocycles. The minimum Gasteiger partial charge on any atom is -0.384 e. The van der Waals surface area contributed by atoms with Gasteiger partial charge in [-0.15, -0.1) is 12.4 Å². The van der Waals surface area contributed by atoms with E-state index in [2.05, 4.69) is 17.0 Å². The zero-order chi connectivity index (χ0) is 16.1. The predicted molar refractivity (Wildman–Crippen MR) is 101 cm³/mol. The molecule has 0 radical (unpaired) electrons. The second kappa shape index (κ2) is 8.84. The van der Waals surface area contributed by atoms with Crippen LogP contribution in [0.25, 0.3) is 0 Å². The molecule has 2 fully saturated rings. The molecule has 4 nitrogen and oxygen atoms in total. The number of halogens is 1. The van der Waals surface area contributed by atoms with E-state index in [4.69, 9.17) is 5.41 Å². The molecule has 2 N–H and O–H groups in total. The number of hydrogen-bond donors (Lipinski definition) is 2. The summed E-state index contributed by atoms with van der Waals surface area (Å²) in [6.45, 7) is 4.35. The summed E-state index contributed by atoms with van der Waals surface area (Å²) in [5.74, 6) is 0.361. The molecule has 1 saturated carbocycles. The molecular weight excluding hydrogens is 322 g/mol. The number of piperazine rings is 1. The zero-order valence-electron chi connectivity index (χ0n) is 14.4. The van der Waals surface area contributed by atoms with Crippen LogP contribution in [0.3, 0.4) is 0 Å². The molecule has 1 saturated heterocycles. The van der Waals surface area contributed by atoms with E-state index in [1.807, 2.05) is 23.1 Å². The fraction of sp³-hybridized carbons (Fsp3) is 0.632. The van der Waals surface area contributed by atoms with Crippen molar-refractivity contribution >= 4 is 18.7 Å². The summed E-state index contributed by atoms with van der Waals surface area (Å²) in [6.07, 6.45) is 7.47. The van der Waals surface area contributed by atoms with Gasteiger partial charge in [0.15, 0.2) is 0 Å². The molecule has 0 spiro atoms. The number of aliphatic hydroxyl groups is 1. The van der Waals surface area contributed by atoms with Crippen molar-refractivity contribution in [3.05, 3.63) is 35.9 Å². The Labute approximate surface area is 151 Å². The summed E-state index contributed by atoms with van der Waals surface area (Å²) >= 11 is 0. The van der Waals surface area contributed by atoms with Crippen molar-refractivity contribution in [2.24, 2.45) is 5.92 Å². The normalized spacial score (nSPS) is 22.5. The van der Waals surface area contributed by atoms with Crippen LogP contribution in [0.15, 0.2) is 30.3 Å². The number of β-amino-alcohol motifs (C(OH)–C–C–N with tert-alkyl or cyclic N) is 1. The van der Waals surface area contributed by atoms with Gasteiger partial charge in [-0.1, -0.05) is 49.6 Å². The second-order valence-corrected chi connectivity index (χ2v) is 7.07. The molecule has 1 unspecified atom stereocenters. The molecular formula is C19H30ClN3O. The van der Waals surface area contributed by atoms with Gasteiger partial charge in [0.25, 0.3) is 0 Å². The number of nitrogens with zero attached hydrogens (tertiary/aromatic N) is 2. The van der Waals surface area contributed by atoms with Gasteiger partial charge in [-0.05, 0) is 24.3 Å². The highest BCUT2D eigenvalue weighted by Crippen LogP contribution is 2.40. The van der Waals surface area contributed by atoms with Gasteiger partial charge in [0.2, 0.25) is 0 Å². The Morgan fingerprint density at radius 1 is 1.04 bits per heavy atom. The van der Waals surface area contributed by atoms with Crippen LogP contribution < -0.4 is 0 Å². The first-order valence-electron chi connectivity index (χ1n) is 8.97. The number of rotatable bonds is 5. The molecule has 2 aliphatic rings. The first kappa shape index (κ1) is 19.2. The average Bonchev–Trinajstić information content (AvgIpc) is 2.64. The summed E-state index contributed by atoms with van der Waals surface area (Å²) in [5.41, 5.74) is 0.329. The highest BCUT2D eigenvalue weighted by Gasteiger charge is 2.40. The van der Waals surface area contributed by atoms with Crippen molar-refractivity contribution in [3.63, 3.8) is 0 Å². The Bertz CT molecular complexity index is 499. The van der Waals surface area contributed by atoms with E-state index in [0.717, 1.165) is 44.6 Å². The molecule has 24 heavy (non-hydrogen) atoms. The zero-order valence-corrected chi connectivity index (χ0v) is 15.2. The number of hydrogen-bond acceptors (Lipinski definition) is 3. The summed E-state index contributed by atoms with van der Waals surface area (Å²) in [6, 6.07) is 10.3. The maximum atomic E-state index is 11.7. The van der Waals surface area contributed by atoms with E-state index >= 15 is 0 Å². The van der Waals surface area contributed by atoms with E-state index in [9.17, 15) is 5.11 Å². The number of nitrogens with one attached hydrogen (secondary N) is 1. The van der Waals surface area contributed by atoms with Gasteiger partial charge < -0.3 is 10.0 Å². The van der Waals surface area contributed by atoms with Crippen LogP contribution in [0.1, 0.15) is 37.7 Å². The highest BCUT2D eigenvalue weighted by atomic mass is 35.5. The van der Waals surface area contributed by atoms with Crippen LogP contribution in [-0.2, 0) is 5.60 Å². The van der Waals surface area contributed by atoms with Crippen molar-refractivity contribution in [2.75, 3.05) is 32.7 Å². The molecule has 0 amide bonds. The number of benzene rings is 1. The van der Waals surface area contributed by atoms with Crippen LogP contribution in [0, 0.1) is 11.3 Å². The third-order valence-electron chi connectivity index (χ3n) is 5.61. The van der Waals surface area contributed by atoms with Gasteiger partial charge in [0.1, 0.15) is 5.60 Å². The van der Waals surface area contributed by atoms with Gasteiger partial charge in [-0.3, -0.25) is 10.3 Å². The van der Waals surface area contributed by atoms with Crippen LogP contribution in [0.4, 0.5) is 0 Å². The van der Waals surface area contributed by atoms with E-state index in [1.54, 1.807) is 0 Å². The first-order chi connectivity index (χ1) is 11.2. The lowest BCUT2D eigenvalue weighted by Crippen LogP contribution is -2.53. The Morgan fingerprint density at radius 3 is 2.25 bits per heavy atom. The van der Waals surface area contributed by atoms with Crippen molar-refractivity contribution in [1.29, 1.82) is 5.41 Å². The Morgan fingerprint density at radius 2 is 1.67 bits per heavy atom. The lowest BCUT2D eigenvalue weighted by Gasteiger charge is -2.44. The molecule has 1 aromatic rings. The van der Waals surface area contributed by atoms with Crippen molar-refractivity contribution in [2.45, 2.75) is 37.7 Å². The van der Waals surface area contributed by atoms with E-state index < -0.39 is 5.60 Å². The van der Waals surface area contributed by atoms with Gasteiger partial charge in [-0.2, -0.15) is 0 Å². The largest absolute Gasteiger partial charge is 0.384 e. The fourth-order valence-corrected chi connectivity index (χ4v) is 4.15. The summed E-state index contributed by atoms with van der Waals surface area (Å²) in [7, 11) is 0. The van der Waals surface area contributed by atoms with Crippen LogP contribution >= 0.6 is 12.4 Å². The van der Waals surface area contributed by atoms with Gasteiger partial charge in [0, 0.05) is 32.7 Å². The molecule has 1 heterocycles. The lowest BCUT2D eigenvalue weighted by atomic mass is 9.73. The third kappa shape index (κ3) is 4.29. The standard InChI is InChI=1S/C19H29N3O.ClH/c20-16-22-13-11-21(12-14-22)15-19(23,17-7-3-1-4-8-17)18-9-5-2-6-10-18;/h1,3-4,7-8,16,18,20,23H,2,5-6,9-15H2;1H. The smallest absolute Gasteiger partial charge is 0.105 e. The van der Waals surface area contributed by atoms with E-state index in [0.29, 0.717) is 12.5 Å². The molecule has 0 bridgehead atoms. The Balaban J connectivity index is 0.00000208. The maximum absolute atomic E-state index is 11.7. The Hall–Kier alpha value is -1.10. The van der Waals surface area contributed by atoms with Gasteiger partial charge in [-0.25, -0.2) is 0 Å². The summed E-state index contributed by atoms with van der Waals surface area (Å²) in [5, 5.41) is 19.1. The predicted octanol–water partition coefficient (Wildman–Crippen LogP) is 3.10. The summed E-state index contributed by atoms with van der Waals surface area (Å²) < 4.78 is 0. The van der Waals surface area contributed by atoms with Crippen LogP contribution in [-0.4, -0.2) is 54.0 Å². The van der Waals surface area contributed by atoms with Gasteiger partial charge in [0.05, 0.1) is 6.34 Å². The summed E-state index contributed by atoms with van der Waals surface area (Å²) in [4.78, 5) is 4.42. The molecule has 134 valence electrons. The van der Waals surface area contributed by atoms with E-state index in [1.165, 1.54) is 25.6 Å².